The zero-order valence-corrected chi connectivity index (χ0v) is 15.3. The zero-order chi connectivity index (χ0) is 18.5. The molecule has 2 N–H and O–H groups in total. The van der Waals surface area contributed by atoms with E-state index in [4.69, 9.17) is 11.6 Å². The number of nitrogens with one attached hydrogen (secondary N) is 2. The van der Waals surface area contributed by atoms with Crippen LogP contribution in [0.3, 0.4) is 0 Å². The van der Waals surface area contributed by atoms with Crippen molar-refractivity contribution in [3.8, 4) is 0 Å². The highest BCUT2D eigenvalue weighted by Crippen LogP contribution is 2.15. The maximum Gasteiger partial charge on any atom is 0.258 e. The molecule has 0 saturated heterocycles. The molecular formula is C20H19ClN4O. The normalized spacial score (nSPS) is 10.4. The van der Waals surface area contributed by atoms with Crippen LogP contribution in [0.25, 0.3) is 0 Å². The largest absolute Gasteiger partial charge is 0.350 e. The van der Waals surface area contributed by atoms with Gasteiger partial charge in [0.2, 0.25) is 5.95 Å². The van der Waals surface area contributed by atoms with E-state index in [1.54, 1.807) is 0 Å². The summed E-state index contributed by atoms with van der Waals surface area (Å²) in [5.74, 6) is 0.224. The number of halogens is 1. The van der Waals surface area contributed by atoms with Gasteiger partial charge in [-0.2, -0.15) is 0 Å². The summed E-state index contributed by atoms with van der Waals surface area (Å²) < 4.78 is 0. The number of hydrogen-bond donors (Lipinski definition) is 2. The molecule has 5 nitrogen and oxygen atoms in total. The Labute approximate surface area is 157 Å². The highest BCUT2D eigenvalue weighted by atomic mass is 35.5. The van der Waals surface area contributed by atoms with Gasteiger partial charge in [-0.05, 0) is 54.8 Å². The van der Waals surface area contributed by atoms with Gasteiger partial charge in [-0.15, -0.1) is 0 Å². The molecule has 0 spiro atoms. The average molecular weight is 367 g/mol. The fourth-order valence-corrected chi connectivity index (χ4v) is 2.70. The molecular weight excluding hydrogens is 348 g/mol. The van der Waals surface area contributed by atoms with E-state index in [0.717, 1.165) is 22.4 Å². The molecule has 0 aliphatic carbocycles. The minimum atomic E-state index is -0.237. The van der Waals surface area contributed by atoms with Gasteiger partial charge in [0.05, 0.1) is 5.56 Å². The lowest BCUT2D eigenvalue weighted by Gasteiger charge is -2.08. The van der Waals surface area contributed by atoms with E-state index in [2.05, 4.69) is 26.7 Å². The van der Waals surface area contributed by atoms with Crippen LogP contribution < -0.4 is 10.6 Å². The number of carbonyl (C=O) groups is 1. The third-order valence-electron chi connectivity index (χ3n) is 3.76. The summed E-state index contributed by atoms with van der Waals surface area (Å²) in [6.45, 7) is 4.56. The molecule has 0 saturated carbocycles. The van der Waals surface area contributed by atoms with E-state index in [1.165, 1.54) is 12.4 Å². The number of amides is 1. The van der Waals surface area contributed by atoms with Gasteiger partial charge in [-0.3, -0.25) is 4.79 Å². The van der Waals surface area contributed by atoms with E-state index in [-0.39, 0.29) is 5.91 Å². The van der Waals surface area contributed by atoms with Crippen LogP contribution >= 0.6 is 11.6 Å². The molecule has 1 amide bonds. The highest BCUT2D eigenvalue weighted by molar-refractivity contribution is 6.30. The Morgan fingerprint density at radius 3 is 2.23 bits per heavy atom. The monoisotopic (exact) mass is 366 g/mol. The molecule has 0 bridgehead atoms. The van der Waals surface area contributed by atoms with Gasteiger partial charge in [0, 0.05) is 29.6 Å². The first-order chi connectivity index (χ1) is 12.5. The number of carbonyl (C=O) groups excluding carboxylic acids is 1. The molecule has 3 aromatic rings. The predicted molar refractivity (Wildman–Crippen MR) is 105 cm³/mol. The number of hydrogen-bond acceptors (Lipinski definition) is 4. The first kappa shape index (κ1) is 17.9. The number of benzene rings is 2. The molecule has 0 aliphatic rings. The molecule has 132 valence electrons. The van der Waals surface area contributed by atoms with Gasteiger partial charge in [-0.1, -0.05) is 29.8 Å². The number of aromatic nitrogens is 2. The molecule has 1 aromatic heterocycles. The third-order valence-corrected chi connectivity index (χ3v) is 4.01. The van der Waals surface area contributed by atoms with Crippen molar-refractivity contribution < 1.29 is 4.79 Å². The van der Waals surface area contributed by atoms with Crippen molar-refractivity contribution in [2.45, 2.75) is 20.4 Å². The smallest absolute Gasteiger partial charge is 0.258 e. The zero-order valence-electron chi connectivity index (χ0n) is 14.6. The van der Waals surface area contributed by atoms with Crippen molar-refractivity contribution in [2.24, 2.45) is 0 Å². The van der Waals surface area contributed by atoms with E-state index in [1.807, 2.05) is 50.2 Å². The molecule has 26 heavy (non-hydrogen) atoms. The molecule has 6 heteroatoms. The topological polar surface area (TPSA) is 66.9 Å². The minimum Gasteiger partial charge on any atom is -0.350 e. The quantitative estimate of drug-likeness (QED) is 0.691. The fourth-order valence-electron chi connectivity index (χ4n) is 2.57. The van der Waals surface area contributed by atoms with Crippen molar-refractivity contribution in [1.29, 1.82) is 0 Å². The van der Waals surface area contributed by atoms with E-state index >= 15 is 0 Å². The second-order valence-electron chi connectivity index (χ2n) is 6.11. The van der Waals surface area contributed by atoms with Crippen LogP contribution in [-0.2, 0) is 6.54 Å². The van der Waals surface area contributed by atoms with Gasteiger partial charge in [0.15, 0.2) is 0 Å². The summed E-state index contributed by atoms with van der Waals surface area (Å²) in [4.78, 5) is 20.7. The summed E-state index contributed by atoms with van der Waals surface area (Å²) in [5, 5.41) is 6.68. The average Bonchev–Trinajstić information content (AvgIpc) is 2.61. The lowest BCUT2D eigenvalue weighted by atomic mass is 10.1. The van der Waals surface area contributed by atoms with Crippen LogP contribution in [-0.4, -0.2) is 15.9 Å². The minimum absolute atomic E-state index is 0.237. The second kappa shape index (κ2) is 7.97. The Kier molecular flexibility index (Phi) is 5.49. The lowest BCUT2D eigenvalue weighted by molar-refractivity contribution is 0.102. The maximum absolute atomic E-state index is 12.3. The van der Waals surface area contributed by atoms with Gasteiger partial charge in [0.1, 0.15) is 0 Å². The Balaban J connectivity index is 1.61. The van der Waals surface area contributed by atoms with Crippen LogP contribution in [0.15, 0.2) is 54.9 Å². The van der Waals surface area contributed by atoms with Crippen LogP contribution in [0, 0.1) is 13.8 Å². The Morgan fingerprint density at radius 1 is 1.00 bits per heavy atom. The summed E-state index contributed by atoms with van der Waals surface area (Å²) in [6.07, 6.45) is 3.02. The Hall–Kier alpha value is -2.92. The molecule has 0 aliphatic heterocycles. The molecule has 2 aromatic carbocycles. The first-order valence-corrected chi connectivity index (χ1v) is 8.57. The maximum atomic E-state index is 12.3. The third kappa shape index (κ3) is 4.80. The summed E-state index contributed by atoms with van der Waals surface area (Å²) in [6, 6.07) is 13.4. The molecule has 0 radical (unpaired) electrons. The number of anilines is 2. The number of nitrogens with zero attached hydrogens (tertiary/aromatic N) is 2. The van der Waals surface area contributed by atoms with Crippen molar-refractivity contribution in [3.63, 3.8) is 0 Å². The molecule has 0 unspecified atom stereocenters. The van der Waals surface area contributed by atoms with E-state index in [9.17, 15) is 4.79 Å². The van der Waals surface area contributed by atoms with Crippen molar-refractivity contribution in [3.05, 3.63) is 82.1 Å². The highest BCUT2D eigenvalue weighted by Gasteiger charge is 2.08. The van der Waals surface area contributed by atoms with Crippen molar-refractivity contribution in [1.82, 2.24) is 9.97 Å². The van der Waals surface area contributed by atoms with Crippen LogP contribution in [0.5, 0.6) is 0 Å². The first-order valence-electron chi connectivity index (χ1n) is 8.19. The molecule has 1 heterocycles. The Bertz CT molecular complexity index is 888. The standard InChI is InChI=1S/C20H19ClN4O/c1-13-7-14(2)9-18(8-13)25-19(26)16-11-23-20(24-12-16)22-10-15-3-5-17(21)6-4-15/h3-9,11-12H,10H2,1-2H3,(H,25,26)(H,22,23,24). The SMILES string of the molecule is Cc1cc(C)cc(NC(=O)c2cnc(NCc3ccc(Cl)cc3)nc2)c1. The predicted octanol–water partition coefficient (Wildman–Crippen LogP) is 4.61. The van der Waals surface area contributed by atoms with Crippen molar-refractivity contribution >= 4 is 29.1 Å². The summed E-state index contributed by atoms with van der Waals surface area (Å²) >= 11 is 5.87. The number of rotatable bonds is 5. The molecule has 0 atom stereocenters. The summed E-state index contributed by atoms with van der Waals surface area (Å²) in [5.41, 5.74) is 4.42. The van der Waals surface area contributed by atoms with Gasteiger partial charge in [0.25, 0.3) is 5.91 Å². The van der Waals surface area contributed by atoms with Gasteiger partial charge in [-0.25, -0.2) is 9.97 Å². The van der Waals surface area contributed by atoms with Crippen LogP contribution in [0.4, 0.5) is 11.6 Å². The van der Waals surface area contributed by atoms with Gasteiger partial charge >= 0.3 is 0 Å². The number of aryl methyl sites for hydroxylation is 2. The van der Waals surface area contributed by atoms with Gasteiger partial charge < -0.3 is 10.6 Å². The van der Waals surface area contributed by atoms with Crippen LogP contribution in [0.2, 0.25) is 5.02 Å². The van der Waals surface area contributed by atoms with Crippen LogP contribution in [0.1, 0.15) is 27.0 Å². The summed E-state index contributed by atoms with van der Waals surface area (Å²) in [7, 11) is 0. The second-order valence-corrected chi connectivity index (χ2v) is 6.54. The molecule has 3 rings (SSSR count). The van der Waals surface area contributed by atoms with E-state index in [0.29, 0.717) is 23.1 Å². The van der Waals surface area contributed by atoms with Crippen molar-refractivity contribution in [2.75, 3.05) is 10.6 Å². The Morgan fingerprint density at radius 2 is 1.62 bits per heavy atom. The molecule has 0 fully saturated rings. The fraction of sp³-hybridized carbons (Fsp3) is 0.150. The van der Waals surface area contributed by atoms with E-state index < -0.39 is 0 Å². The lowest BCUT2D eigenvalue weighted by Crippen LogP contribution is -2.13.